The molecule has 116 valence electrons. The highest BCUT2D eigenvalue weighted by Gasteiger charge is 2.18. The number of nitrogens with one attached hydrogen (secondary N) is 1. The fraction of sp³-hybridized carbons (Fsp3) is 0.611. The van der Waals surface area contributed by atoms with Crippen LogP contribution in [0.15, 0.2) is 18.2 Å². The molecule has 2 rings (SSSR count). The van der Waals surface area contributed by atoms with Crippen LogP contribution < -0.4 is 11.1 Å². The van der Waals surface area contributed by atoms with E-state index in [0.717, 1.165) is 12.8 Å². The average Bonchev–Trinajstić information content (AvgIpc) is 2.45. The van der Waals surface area contributed by atoms with Gasteiger partial charge in [0.25, 0.3) is 0 Å². The molecule has 0 fully saturated rings. The van der Waals surface area contributed by atoms with Crippen LogP contribution in [0.5, 0.6) is 0 Å². The molecule has 21 heavy (non-hydrogen) atoms. The van der Waals surface area contributed by atoms with Gasteiger partial charge in [0, 0.05) is 0 Å². The molecule has 1 aliphatic rings. The van der Waals surface area contributed by atoms with Gasteiger partial charge in [-0.3, -0.25) is 4.79 Å². The van der Waals surface area contributed by atoms with Crippen LogP contribution in [-0.4, -0.2) is 11.9 Å². The number of carbonyl (C=O) groups excluding carboxylic acids is 1. The van der Waals surface area contributed by atoms with Crippen molar-refractivity contribution < 1.29 is 4.79 Å². The van der Waals surface area contributed by atoms with Crippen LogP contribution in [0.1, 0.15) is 62.8 Å². The second-order valence-corrected chi connectivity index (χ2v) is 6.70. The molecule has 0 bridgehead atoms. The Balaban J connectivity index is 2.00. The lowest BCUT2D eigenvalue weighted by molar-refractivity contribution is -0.123. The van der Waals surface area contributed by atoms with Gasteiger partial charge in [0.1, 0.15) is 0 Å². The molecule has 3 nitrogen and oxygen atoms in total. The van der Waals surface area contributed by atoms with Gasteiger partial charge in [-0.15, -0.1) is 0 Å². The Morgan fingerprint density at radius 3 is 2.52 bits per heavy atom. The Hall–Kier alpha value is -1.35. The second-order valence-electron chi connectivity index (χ2n) is 6.70. The van der Waals surface area contributed by atoms with Gasteiger partial charge < -0.3 is 11.1 Å². The number of carbonyl (C=O) groups is 1. The van der Waals surface area contributed by atoms with Crippen molar-refractivity contribution in [3.05, 3.63) is 34.9 Å². The van der Waals surface area contributed by atoms with E-state index in [1.807, 2.05) is 6.92 Å². The van der Waals surface area contributed by atoms with Gasteiger partial charge >= 0.3 is 0 Å². The monoisotopic (exact) mass is 288 g/mol. The number of hydrogen-bond donors (Lipinski definition) is 2. The maximum atomic E-state index is 12.1. The quantitative estimate of drug-likeness (QED) is 0.874. The molecule has 1 amide bonds. The molecule has 2 atom stereocenters. The van der Waals surface area contributed by atoms with Crippen LogP contribution in [0.25, 0.3) is 0 Å². The molecule has 1 aliphatic carbocycles. The minimum atomic E-state index is -0.412. The summed E-state index contributed by atoms with van der Waals surface area (Å²) in [4.78, 5) is 12.1. The van der Waals surface area contributed by atoms with Gasteiger partial charge in [-0.25, -0.2) is 0 Å². The Morgan fingerprint density at radius 2 is 1.86 bits per heavy atom. The van der Waals surface area contributed by atoms with Crippen molar-refractivity contribution in [3.63, 3.8) is 0 Å². The molecule has 0 aliphatic heterocycles. The van der Waals surface area contributed by atoms with Gasteiger partial charge in [-0.1, -0.05) is 32.0 Å². The van der Waals surface area contributed by atoms with Crippen LogP contribution in [0.4, 0.5) is 0 Å². The van der Waals surface area contributed by atoms with Gasteiger partial charge in [-0.05, 0) is 61.6 Å². The SMILES string of the molecule is CC(C)C[C@H](N)C(=O)NC(C)c1ccc2c(c1)CCCC2. The summed E-state index contributed by atoms with van der Waals surface area (Å²) in [6.07, 6.45) is 5.65. The summed E-state index contributed by atoms with van der Waals surface area (Å²) >= 11 is 0. The van der Waals surface area contributed by atoms with Gasteiger partial charge in [0.2, 0.25) is 5.91 Å². The predicted molar refractivity (Wildman–Crippen MR) is 87.1 cm³/mol. The third-order valence-electron chi connectivity index (χ3n) is 4.29. The topological polar surface area (TPSA) is 55.1 Å². The number of fused-ring (bicyclic) bond motifs is 1. The first-order valence-corrected chi connectivity index (χ1v) is 8.15. The summed E-state index contributed by atoms with van der Waals surface area (Å²) in [5.41, 5.74) is 10.0. The molecule has 0 spiro atoms. The number of benzene rings is 1. The molecule has 0 aromatic heterocycles. The van der Waals surface area contributed by atoms with Crippen molar-refractivity contribution in [1.82, 2.24) is 5.32 Å². The standard InChI is InChI=1S/C18H28N2O/c1-12(2)10-17(19)18(21)20-13(3)15-9-8-14-6-4-5-7-16(14)11-15/h8-9,11-13,17H,4-7,10,19H2,1-3H3,(H,20,21)/t13?,17-/m0/s1. The highest BCUT2D eigenvalue weighted by Crippen LogP contribution is 2.24. The van der Waals surface area contributed by atoms with E-state index in [4.69, 9.17) is 5.73 Å². The number of aryl methyl sites for hydroxylation is 2. The van der Waals surface area contributed by atoms with E-state index >= 15 is 0 Å². The zero-order valence-corrected chi connectivity index (χ0v) is 13.5. The Labute approximate surface area is 128 Å². The first kappa shape index (κ1) is 16.0. The van der Waals surface area contributed by atoms with Crippen molar-refractivity contribution in [2.45, 2.75) is 65.0 Å². The van der Waals surface area contributed by atoms with Crippen molar-refractivity contribution in [1.29, 1.82) is 0 Å². The number of amides is 1. The molecule has 0 radical (unpaired) electrons. The Morgan fingerprint density at radius 1 is 1.19 bits per heavy atom. The van der Waals surface area contributed by atoms with Gasteiger partial charge in [0.15, 0.2) is 0 Å². The van der Waals surface area contributed by atoms with E-state index in [9.17, 15) is 4.79 Å². The summed E-state index contributed by atoms with van der Waals surface area (Å²) in [5.74, 6) is 0.388. The van der Waals surface area contributed by atoms with Crippen LogP contribution in [0, 0.1) is 5.92 Å². The first-order chi connectivity index (χ1) is 9.97. The van der Waals surface area contributed by atoms with Crippen molar-refractivity contribution in [3.8, 4) is 0 Å². The molecule has 1 aromatic rings. The summed E-state index contributed by atoms with van der Waals surface area (Å²) in [6.45, 7) is 6.20. The number of hydrogen-bond acceptors (Lipinski definition) is 2. The summed E-state index contributed by atoms with van der Waals surface area (Å²) in [7, 11) is 0. The normalized spacial score (nSPS) is 17.2. The molecule has 0 saturated carbocycles. The Kier molecular flexibility index (Phi) is 5.40. The molecule has 1 aromatic carbocycles. The molecule has 3 N–H and O–H groups in total. The molecule has 1 unspecified atom stereocenters. The van der Waals surface area contributed by atoms with Crippen LogP contribution in [0.3, 0.4) is 0 Å². The predicted octanol–water partition coefficient (Wildman–Crippen LogP) is 3.12. The van der Waals surface area contributed by atoms with E-state index in [-0.39, 0.29) is 11.9 Å². The lowest BCUT2D eigenvalue weighted by atomic mass is 9.89. The Bertz CT molecular complexity index is 496. The number of rotatable bonds is 5. The molecule has 0 heterocycles. The van der Waals surface area contributed by atoms with Crippen LogP contribution in [0.2, 0.25) is 0 Å². The third kappa shape index (κ3) is 4.31. The highest BCUT2D eigenvalue weighted by molar-refractivity contribution is 5.81. The maximum absolute atomic E-state index is 12.1. The average molecular weight is 288 g/mol. The van der Waals surface area contributed by atoms with E-state index < -0.39 is 6.04 Å². The van der Waals surface area contributed by atoms with E-state index in [1.54, 1.807) is 0 Å². The molecule has 3 heteroatoms. The van der Waals surface area contributed by atoms with E-state index in [2.05, 4.69) is 37.4 Å². The summed E-state index contributed by atoms with van der Waals surface area (Å²) < 4.78 is 0. The first-order valence-electron chi connectivity index (χ1n) is 8.15. The maximum Gasteiger partial charge on any atom is 0.237 e. The van der Waals surface area contributed by atoms with Crippen LogP contribution in [-0.2, 0) is 17.6 Å². The minimum Gasteiger partial charge on any atom is -0.348 e. The molecule has 0 saturated heterocycles. The second kappa shape index (κ2) is 7.08. The lowest BCUT2D eigenvalue weighted by Crippen LogP contribution is -2.42. The van der Waals surface area contributed by atoms with E-state index in [0.29, 0.717) is 5.92 Å². The number of nitrogens with two attached hydrogens (primary N) is 1. The van der Waals surface area contributed by atoms with Crippen molar-refractivity contribution in [2.24, 2.45) is 11.7 Å². The zero-order valence-electron chi connectivity index (χ0n) is 13.5. The van der Waals surface area contributed by atoms with Crippen LogP contribution >= 0.6 is 0 Å². The molecular formula is C18H28N2O. The smallest absolute Gasteiger partial charge is 0.237 e. The van der Waals surface area contributed by atoms with Gasteiger partial charge in [-0.2, -0.15) is 0 Å². The lowest BCUT2D eigenvalue weighted by Gasteiger charge is -2.21. The highest BCUT2D eigenvalue weighted by atomic mass is 16.2. The fourth-order valence-corrected chi connectivity index (χ4v) is 3.04. The summed E-state index contributed by atoms with van der Waals surface area (Å²) in [6, 6.07) is 6.23. The summed E-state index contributed by atoms with van der Waals surface area (Å²) in [5, 5.41) is 3.04. The zero-order chi connectivity index (χ0) is 15.4. The molecular weight excluding hydrogens is 260 g/mol. The minimum absolute atomic E-state index is 0.0166. The third-order valence-corrected chi connectivity index (χ3v) is 4.29. The van der Waals surface area contributed by atoms with Crippen molar-refractivity contribution in [2.75, 3.05) is 0 Å². The van der Waals surface area contributed by atoms with Gasteiger partial charge in [0.05, 0.1) is 12.1 Å². The largest absolute Gasteiger partial charge is 0.348 e. The van der Waals surface area contributed by atoms with Crippen molar-refractivity contribution >= 4 is 5.91 Å². The van der Waals surface area contributed by atoms with E-state index in [1.165, 1.54) is 36.0 Å². The fourth-order valence-electron chi connectivity index (χ4n) is 3.04.